The molecule has 19 heavy (non-hydrogen) atoms. The van der Waals surface area contributed by atoms with Crippen LogP contribution in [0.4, 0.5) is 0 Å². The summed E-state index contributed by atoms with van der Waals surface area (Å²) in [7, 11) is 1.69. The molecular weight excluding hydrogens is 353 g/mol. The van der Waals surface area contributed by atoms with Gasteiger partial charge in [0.05, 0.1) is 6.61 Å². The van der Waals surface area contributed by atoms with Crippen LogP contribution in [0, 0.1) is 11.3 Å². The highest BCUT2D eigenvalue weighted by Gasteiger charge is 2.26. The normalized spacial score (nSPS) is 21.6. The van der Waals surface area contributed by atoms with E-state index in [4.69, 9.17) is 10.5 Å². The highest BCUT2D eigenvalue weighted by molar-refractivity contribution is 14.0. The van der Waals surface area contributed by atoms with E-state index in [0.717, 1.165) is 6.54 Å². The Morgan fingerprint density at radius 2 is 2.00 bits per heavy atom. The van der Waals surface area contributed by atoms with Crippen molar-refractivity contribution in [2.45, 2.75) is 52.5 Å². The number of nitrogens with two attached hydrogens (primary N) is 1. The lowest BCUT2D eigenvalue weighted by Crippen LogP contribution is -2.41. The van der Waals surface area contributed by atoms with Gasteiger partial charge in [-0.2, -0.15) is 0 Å². The monoisotopic (exact) mass is 383 g/mol. The van der Waals surface area contributed by atoms with E-state index >= 15 is 0 Å². The van der Waals surface area contributed by atoms with Gasteiger partial charge in [-0.25, -0.2) is 0 Å². The summed E-state index contributed by atoms with van der Waals surface area (Å²) in [4.78, 5) is 4.45. The number of hydrogen-bond acceptors (Lipinski definition) is 2. The van der Waals surface area contributed by atoms with Crippen LogP contribution in [0.25, 0.3) is 0 Å². The zero-order chi connectivity index (χ0) is 13.6. The van der Waals surface area contributed by atoms with Gasteiger partial charge < -0.3 is 15.8 Å². The molecule has 0 radical (unpaired) electrons. The number of halogens is 1. The molecule has 0 aromatic carbocycles. The van der Waals surface area contributed by atoms with Crippen molar-refractivity contribution in [3.05, 3.63) is 0 Å². The molecule has 0 aromatic rings. The lowest BCUT2D eigenvalue weighted by Gasteiger charge is -2.33. The van der Waals surface area contributed by atoms with Gasteiger partial charge in [-0.1, -0.05) is 13.8 Å². The molecule has 1 fully saturated rings. The van der Waals surface area contributed by atoms with Gasteiger partial charge in [0.25, 0.3) is 0 Å². The molecule has 0 bridgehead atoms. The molecule has 1 saturated carbocycles. The van der Waals surface area contributed by atoms with Crippen LogP contribution >= 0.6 is 24.0 Å². The number of aliphatic imine (C=N–C) groups is 1. The van der Waals surface area contributed by atoms with Crippen molar-refractivity contribution in [1.29, 1.82) is 0 Å². The van der Waals surface area contributed by atoms with E-state index in [9.17, 15) is 0 Å². The molecule has 4 nitrogen and oxygen atoms in total. The Morgan fingerprint density at radius 3 is 2.53 bits per heavy atom. The summed E-state index contributed by atoms with van der Waals surface area (Å²) in [6.07, 6.45) is 5.16. The van der Waals surface area contributed by atoms with E-state index in [-0.39, 0.29) is 30.0 Å². The summed E-state index contributed by atoms with van der Waals surface area (Å²) in [5.74, 6) is 1.25. The van der Waals surface area contributed by atoms with Crippen molar-refractivity contribution in [3.63, 3.8) is 0 Å². The summed E-state index contributed by atoms with van der Waals surface area (Å²) < 4.78 is 5.05. The predicted octanol–water partition coefficient (Wildman–Crippen LogP) is 2.76. The number of rotatable bonds is 5. The van der Waals surface area contributed by atoms with E-state index in [1.54, 1.807) is 7.11 Å². The average Bonchev–Trinajstić information content (AvgIpc) is 2.28. The van der Waals surface area contributed by atoms with E-state index in [1.165, 1.54) is 25.7 Å². The number of nitrogens with zero attached hydrogens (tertiary/aromatic N) is 1. The van der Waals surface area contributed by atoms with Crippen molar-refractivity contribution in [1.82, 2.24) is 5.32 Å². The zero-order valence-electron chi connectivity index (χ0n) is 12.7. The van der Waals surface area contributed by atoms with Crippen LogP contribution in [0.5, 0.6) is 0 Å². The first-order valence-electron chi connectivity index (χ1n) is 6.98. The van der Waals surface area contributed by atoms with Gasteiger partial charge in [0.1, 0.15) is 0 Å². The van der Waals surface area contributed by atoms with Crippen molar-refractivity contribution < 1.29 is 4.74 Å². The Bertz CT molecular complexity index is 272. The number of hydrogen-bond donors (Lipinski definition) is 2. The number of methoxy groups -OCH3 is 1. The summed E-state index contributed by atoms with van der Waals surface area (Å²) in [5.41, 5.74) is 6.38. The second kappa shape index (κ2) is 9.00. The van der Waals surface area contributed by atoms with Gasteiger partial charge >= 0.3 is 0 Å². The van der Waals surface area contributed by atoms with Crippen LogP contribution in [-0.4, -0.2) is 32.3 Å². The van der Waals surface area contributed by atoms with Gasteiger partial charge in [0, 0.05) is 19.7 Å². The number of guanidine groups is 1. The van der Waals surface area contributed by atoms with Crippen molar-refractivity contribution in [2.24, 2.45) is 22.1 Å². The van der Waals surface area contributed by atoms with Crippen molar-refractivity contribution >= 4 is 29.9 Å². The molecule has 5 heteroatoms. The predicted molar refractivity (Wildman–Crippen MR) is 92.1 cm³/mol. The average molecular weight is 383 g/mol. The Hall–Kier alpha value is -0.0400. The summed E-state index contributed by atoms with van der Waals surface area (Å²) >= 11 is 0. The Labute approximate surface area is 135 Å². The summed E-state index contributed by atoms with van der Waals surface area (Å²) in [6, 6.07) is 0.212. The minimum atomic E-state index is 0. The molecule has 1 aliphatic rings. The van der Waals surface area contributed by atoms with Gasteiger partial charge in [-0.05, 0) is 43.9 Å². The maximum atomic E-state index is 5.86. The quantitative estimate of drug-likeness (QED) is 0.436. The number of ether oxygens (including phenoxy) is 1. The van der Waals surface area contributed by atoms with Crippen LogP contribution in [0.1, 0.15) is 46.5 Å². The second-order valence-electron chi connectivity index (χ2n) is 6.33. The molecule has 0 heterocycles. The summed E-state index contributed by atoms with van der Waals surface area (Å²) in [6.45, 7) is 8.25. The topological polar surface area (TPSA) is 59.6 Å². The molecule has 1 aliphatic carbocycles. The lowest BCUT2D eigenvalue weighted by molar-refractivity contribution is 0.179. The zero-order valence-corrected chi connectivity index (χ0v) is 15.1. The Balaban J connectivity index is 0.00000324. The molecule has 0 aromatic heterocycles. The molecule has 0 amide bonds. The van der Waals surface area contributed by atoms with E-state index in [2.05, 4.69) is 24.2 Å². The Morgan fingerprint density at radius 1 is 1.42 bits per heavy atom. The number of nitrogens with one attached hydrogen (secondary N) is 1. The van der Waals surface area contributed by atoms with Gasteiger partial charge in [-0.3, -0.25) is 4.99 Å². The van der Waals surface area contributed by atoms with E-state index in [1.807, 2.05) is 6.92 Å². The first kappa shape index (κ1) is 19.0. The second-order valence-corrected chi connectivity index (χ2v) is 6.33. The van der Waals surface area contributed by atoms with Gasteiger partial charge in [0.2, 0.25) is 0 Å². The Kier molecular flexibility index (Phi) is 8.98. The van der Waals surface area contributed by atoms with Crippen LogP contribution in [0.2, 0.25) is 0 Å². The van der Waals surface area contributed by atoms with Crippen LogP contribution in [0.3, 0.4) is 0 Å². The third-order valence-corrected chi connectivity index (χ3v) is 3.79. The molecule has 1 unspecified atom stereocenters. The van der Waals surface area contributed by atoms with Crippen LogP contribution in [-0.2, 0) is 4.74 Å². The summed E-state index contributed by atoms with van der Waals surface area (Å²) in [5, 5.41) is 3.14. The maximum Gasteiger partial charge on any atom is 0.188 e. The fourth-order valence-electron chi connectivity index (χ4n) is 2.46. The SMILES string of the molecule is COCC(C)NC(N)=NCC1CCC(C)(C)CC1.I. The molecule has 0 saturated heterocycles. The molecule has 1 rings (SSSR count). The van der Waals surface area contributed by atoms with Gasteiger partial charge in [0.15, 0.2) is 5.96 Å². The molecule has 114 valence electrons. The maximum absolute atomic E-state index is 5.86. The third-order valence-electron chi connectivity index (χ3n) is 3.79. The smallest absolute Gasteiger partial charge is 0.188 e. The molecule has 0 aliphatic heterocycles. The molecular formula is C14H30IN3O. The van der Waals surface area contributed by atoms with Crippen LogP contribution < -0.4 is 11.1 Å². The van der Waals surface area contributed by atoms with Gasteiger partial charge in [-0.15, -0.1) is 24.0 Å². The van der Waals surface area contributed by atoms with Crippen LogP contribution in [0.15, 0.2) is 4.99 Å². The first-order chi connectivity index (χ1) is 8.43. The molecule has 1 atom stereocenters. The molecule has 0 spiro atoms. The minimum Gasteiger partial charge on any atom is -0.383 e. The van der Waals surface area contributed by atoms with E-state index in [0.29, 0.717) is 23.9 Å². The highest BCUT2D eigenvalue weighted by atomic mass is 127. The fourth-order valence-corrected chi connectivity index (χ4v) is 2.46. The minimum absolute atomic E-state index is 0. The van der Waals surface area contributed by atoms with Crippen molar-refractivity contribution in [2.75, 3.05) is 20.3 Å². The van der Waals surface area contributed by atoms with Crippen molar-refractivity contribution in [3.8, 4) is 0 Å². The lowest BCUT2D eigenvalue weighted by atomic mass is 9.73. The largest absolute Gasteiger partial charge is 0.383 e. The highest BCUT2D eigenvalue weighted by Crippen LogP contribution is 2.37. The fraction of sp³-hybridized carbons (Fsp3) is 0.929. The van der Waals surface area contributed by atoms with E-state index < -0.39 is 0 Å². The first-order valence-corrected chi connectivity index (χ1v) is 6.98. The molecule has 3 N–H and O–H groups in total. The third kappa shape index (κ3) is 7.97. The standard InChI is InChI=1S/C14H29N3O.HI/c1-11(10-18-4)17-13(15)16-9-12-5-7-14(2,3)8-6-12;/h11-12H,5-10H2,1-4H3,(H3,15,16,17);1H.